The van der Waals surface area contributed by atoms with Gasteiger partial charge in [0.1, 0.15) is 0 Å². The third-order valence-electron chi connectivity index (χ3n) is 2.28. The molecule has 0 fully saturated rings. The molecule has 0 aliphatic carbocycles. The van der Waals surface area contributed by atoms with Gasteiger partial charge in [0.15, 0.2) is 0 Å². The maximum atomic E-state index is 5.91. The van der Waals surface area contributed by atoms with Crippen molar-refractivity contribution in [1.29, 1.82) is 0 Å². The fraction of sp³-hybridized carbons (Fsp3) is 0.0769. The van der Waals surface area contributed by atoms with E-state index in [1.54, 1.807) is 0 Å². The van der Waals surface area contributed by atoms with Crippen LogP contribution in [0.2, 0.25) is 5.02 Å². The van der Waals surface area contributed by atoms with E-state index in [0.717, 1.165) is 22.0 Å². The average Bonchev–Trinajstić information content (AvgIpc) is 2.29. The molecule has 0 amide bonds. The highest BCUT2D eigenvalue weighted by Crippen LogP contribution is 2.20. The molecule has 2 aromatic rings. The summed E-state index contributed by atoms with van der Waals surface area (Å²) in [4.78, 5) is 0. The van der Waals surface area contributed by atoms with Gasteiger partial charge in [-0.05, 0) is 35.9 Å². The van der Waals surface area contributed by atoms with E-state index in [9.17, 15) is 0 Å². The van der Waals surface area contributed by atoms with Crippen molar-refractivity contribution >= 4 is 23.0 Å². The number of halogens is 1. The zero-order valence-electron chi connectivity index (χ0n) is 8.78. The van der Waals surface area contributed by atoms with Crippen molar-refractivity contribution in [3.63, 3.8) is 0 Å². The highest BCUT2D eigenvalue weighted by Gasteiger charge is 1.96. The zero-order chi connectivity index (χ0) is 11.4. The second-order valence-corrected chi connectivity index (χ2v) is 3.98. The van der Waals surface area contributed by atoms with Gasteiger partial charge >= 0.3 is 0 Å². The lowest BCUT2D eigenvalue weighted by molar-refractivity contribution is 1.07. The largest absolute Gasteiger partial charge is 0.355 e. The summed E-state index contributed by atoms with van der Waals surface area (Å²) >= 11 is 5.91. The van der Waals surface area contributed by atoms with E-state index < -0.39 is 0 Å². The molecule has 82 valence electrons. The van der Waals surface area contributed by atoms with Crippen LogP contribution in [0.25, 0.3) is 0 Å². The Bertz CT molecular complexity index is 483. The molecule has 0 aromatic heterocycles. The fourth-order valence-corrected chi connectivity index (χ4v) is 1.70. The van der Waals surface area contributed by atoms with E-state index in [0.29, 0.717) is 6.54 Å². The summed E-state index contributed by atoms with van der Waals surface area (Å²) < 4.78 is 0. The van der Waals surface area contributed by atoms with Crippen molar-refractivity contribution in [1.82, 2.24) is 0 Å². The molecule has 0 radical (unpaired) electrons. The van der Waals surface area contributed by atoms with Crippen molar-refractivity contribution in [3.8, 4) is 0 Å². The lowest BCUT2D eigenvalue weighted by Crippen LogP contribution is -1.97. The molecule has 0 saturated carbocycles. The number of anilines is 2. The van der Waals surface area contributed by atoms with Crippen LogP contribution in [0.3, 0.4) is 0 Å². The van der Waals surface area contributed by atoms with Crippen LogP contribution in [0.1, 0.15) is 5.56 Å². The van der Waals surface area contributed by atoms with Crippen LogP contribution in [0, 0.1) is 0 Å². The smallest absolute Gasteiger partial charge is 0.0426 e. The lowest BCUT2D eigenvalue weighted by atomic mass is 10.2. The molecule has 0 saturated heterocycles. The van der Waals surface area contributed by atoms with Crippen molar-refractivity contribution in [2.24, 2.45) is 5.73 Å². The number of benzene rings is 2. The van der Waals surface area contributed by atoms with Gasteiger partial charge in [-0.1, -0.05) is 29.8 Å². The predicted octanol–water partition coefficient (Wildman–Crippen LogP) is 3.54. The Hall–Kier alpha value is -1.51. The van der Waals surface area contributed by atoms with E-state index in [1.165, 1.54) is 0 Å². The van der Waals surface area contributed by atoms with E-state index in [4.69, 9.17) is 17.3 Å². The summed E-state index contributed by atoms with van der Waals surface area (Å²) in [6, 6.07) is 15.6. The van der Waals surface area contributed by atoms with Gasteiger partial charge in [0.2, 0.25) is 0 Å². The molecule has 0 heterocycles. The summed E-state index contributed by atoms with van der Waals surface area (Å²) in [5.74, 6) is 0. The molecule has 3 heteroatoms. The van der Waals surface area contributed by atoms with Crippen molar-refractivity contribution in [2.45, 2.75) is 6.54 Å². The first-order valence-corrected chi connectivity index (χ1v) is 5.47. The van der Waals surface area contributed by atoms with Gasteiger partial charge in [-0.15, -0.1) is 0 Å². The molecule has 3 N–H and O–H groups in total. The Morgan fingerprint density at radius 3 is 2.38 bits per heavy atom. The summed E-state index contributed by atoms with van der Waals surface area (Å²) in [5, 5.41) is 4.00. The Morgan fingerprint density at radius 1 is 1.00 bits per heavy atom. The van der Waals surface area contributed by atoms with Crippen molar-refractivity contribution < 1.29 is 0 Å². The average molecular weight is 233 g/mol. The normalized spacial score (nSPS) is 10.1. The molecule has 2 rings (SSSR count). The minimum atomic E-state index is 0.547. The Balaban J connectivity index is 2.20. The standard InChI is InChI=1S/C13H13ClN2/c14-11-4-2-6-13(8-11)16-12-5-1-3-10(7-12)9-15/h1-8,16H,9,15H2. The van der Waals surface area contributed by atoms with Gasteiger partial charge in [0.25, 0.3) is 0 Å². The van der Waals surface area contributed by atoms with Gasteiger partial charge in [-0.3, -0.25) is 0 Å². The van der Waals surface area contributed by atoms with Gasteiger partial charge in [-0.2, -0.15) is 0 Å². The summed E-state index contributed by atoms with van der Waals surface area (Å²) in [6.07, 6.45) is 0. The molecule has 0 atom stereocenters. The lowest BCUT2D eigenvalue weighted by Gasteiger charge is -2.07. The van der Waals surface area contributed by atoms with Gasteiger partial charge in [0, 0.05) is 22.9 Å². The highest BCUT2D eigenvalue weighted by molar-refractivity contribution is 6.30. The van der Waals surface area contributed by atoms with Crippen LogP contribution in [0.5, 0.6) is 0 Å². The molecule has 0 spiro atoms. The Labute approximate surface area is 100 Å². The number of hydrogen-bond donors (Lipinski definition) is 2. The van der Waals surface area contributed by atoms with Crippen molar-refractivity contribution in [2.75, 3.05) is 5.32 Å². The molecule has 0 unspecified atom stereocenters. The van der Waals surface area contributed by atoms with E-state index in [2.05, 4.69) is 5.32 Å². The second-order valence-electron chi connectivity index (χ2n) is 3.54. The molecule has 0 bridgehead atoms. The van der Waals surface area contributed by atoms with Crippen LogP contribution >= 0.6 is 11.6 Å². The molecule has 0 aliphatic rings. The maximum absolute atomic E-state index is 5.91. The predicted molar refractivity (Wildman–Crippen MR) is 69.1 cm³/mol. The fourth-order valence-electron chi connectivity index (χ4n) is 1.51. The first kappa shape index (κ1) is 11.0. The third kappa shape index (κ3) is 2.75. The topological polar surface area (TPSA) is 38.0 Å². The molecular weight excluding hydrogens is 220 g/mol. The van der Waals surface area contributed by atoms with E-state index in [-0.39, 0.29) is 0 Å². The van der Waals surface area contributed by atoms with Crippen LogP contribution in [-0.4, -0.2) is 0 Å². The zero-order valence-corrected chi connectivity index (χ0v) is 9.54. The SMILES string of the molecule is NCc1cccc(Nc2cccc(Cl)c2)c1. The Morgan fingerprint density at radius 2 is 1.69 bits per heavy atom. The van der Waals surface area contributed by atoms with E-state index in [1.807, 2.05) is 48.5 Å². The summed E-state index contributed by atoms with van der Waals surface area (Å²) in [5.41, 5.74) is 8.68. The van der Waals surface area contributed by atoms with Gasteiger partial charge < -0.3 is 11.1 Å². The van der Waals surface area contributed by atoms with E-state index >= 15 is 0 Å². The van der Waals surface area contributed by atoms with Crippen LogP contribution in [0.15, 0.2) is 48.5 Å². The Kier molecular flexibility index (Phi) is 3.44. The van der Waals surface area contributed by atoms with Crippen molar-refractivity contribution in [3.05, 3.63) is 59.1 Å². The summed E-state index contributed by atoms with van der Waals surface area (Å²) in [7, 11) is 0. The molecular formula is C13H13ClN2. The number of rotatable bonds is 3. The third-order valence-corrected chi connectivity index (χ3v) is 2.51. The van der Waals surface area contributed by atoms with Gasteiger partial charge in [0.05, 0.1) is 0 Å². The van der Waals surface area contributed by atoms with Gasteiger partial charge in [-0.25, -0.2) is 0 Å². The quantitative estimate of drug-likeness (QED) is 0.850. The first-order valence-electron chi connectivity index (χ1n) is 5.09. The number of hydrogen-bond acceptors (Lipinski definition) is 2. The molecule has 0 aliphatic heterocycles. The maximum Gasteiger partial charge on any atom is 0.0426 e. The molecule has 2 nitrogen and oxygen atoms in total. The van der Waals surface area contributed by atoms with Crippen LogP contribution in [0.4, 0.5) is 11.4 Å². The van der Waals surface area contributed by atoms with Crippen LogP contribution in [-0.2, 0) is 6.54 Å². The minimum absolute atomic E-state index is 0.547. The number of nitrogens with one attached hydrogen (secondary N) is 1. The van der Waals surface area contributed by atoms with Crippen LogP contribution < -0.4 is 11.1 Å². The number of nitrogens with two attached hydrogens (primary N) is 1. The monoisotopic (exact) mass is 232 g/mol. The minimum Gasteiger partial charge on any atom is -0.355 e. The first-order chi connectivity index (χ1) is 7.78. The molecule has 16 heavy (non-hydrogen) atoms. The molecule has 2 aromatic carbocycles. The summed E-state index contributed by atoms with van der Waals surface area (Å²) in [6.45, 7) is 0.547. The second kappa shape index (κ2) is 5.01. The highest BCUT2D eigenvalue weighted by atomic mass is 35.5.